The molecule has 10 amide bonds. The first kappa shape index (κ1) is 64.0. The number of primary amides is 1. The summed E-state index contributed by atoms with van der Waals surface area (Å²) in [5.41, 5.74) is 18.2. The number of aliphatic hydroxyl groups is 2. The number of rotatable bonds is 33. The molecule has 0 aliphatic carbocycles. The SMILES string of the molecule is CC(C)[C@H](NC(=O)[C@H](CO)NC(=O)[C@@H](N)CCCCN)C(=O)N[C@@H](Cc1c[nH]c2ccccc12)C(=O)N[C@@H](Cc1cnc[nH]1)C(=O)NCC(=O)N[C@@H](CO)C(=O)N[C@@H](CC(=O)O)C(=O)N1CCC[C@H]1C(=O)N[C@@H](CC(N)=O)C(=O)O. The fourth-order valence-corrected chi connectivity index (χ4v) is 8.54. The molecule has 31 nitrogen and oxygen atoms in total. The molecule has 0 unspecified atom stereocenters. The summed E-state index contributed by atoms with van der Waals surface area (Å²) in [6.07, 6.45) is 3.61. The van der Waals surface area contributed by atoms with Gasteiger partial charge in [-0.25, -0.2) is 9.78 Å². The average Bonchev–Trinajstić information content (AvgIpc) is 4.26. The zero-order valence-electron chi connectivity index (χ0n) is 44.0. The Morgan fingerprint density at radius 2 is 1.35 bits per heavy atom. The van der Waals surface area contributed by atoms with E-state index in [1.165, 1.54) is 12.5 Å². The largest absolute Gasteiger partial charge is 0.481 e. The summed E-state index contributed by atoms with van der Waals surface area (Å²) in [4.78, 5) is 168. The molecule has 1 aliphatic rings. The van der Waals surface area contributed by atoms with Crippen molar-refractivity contribution in [1.29, 1.82) is 0 Å². The van der Waals surface area contributed by atoms with Gasteiger partial charge < -0.3 is 95.0 Å². The Hall–Kier alpha value is -8.55. The van der Waals surface area contributed by atoms with Crippen molar-refractivity contribution in [2.75, 3.05) is 32.8 Å². The fourth-order valence-electron chi connectivity index (χ4n) is 8.54. The third-order valence-electron chi connectivity index (χ3n) is 12.8. The third-order valence-corrected chi connectivity index (χ3v) is 12.8. The van der Waals surface area contributed by atoms with Gasteiger partial charge in [0.25, 0.3) is 0 Å². The predicted octanol–water partition coefficient (Wildman–Crippen LogP) is -6.29. The van der Waals surface area contributed by atoms with Crippen LogP contribution in [0.15, 0.2) is 43.0 Å². The van der Waals surface area contributed by atoms with Crippen LogP contribution in [0.2, 0.25) is 0 Å². The molecule has 1 fully saturated rings. The van der Waals surface area contributed by atoms with Crippen molar-refractivity contribution >= 4 is 81.9 Å². The van der Waals surface area contributed by atoms with Gasteiger partial charge in [0.1, 0.15) is 48.3 Å². The minimum Gasteiger partial charge on any atom is -0.481 e. The molecule has 80 heavy (non-hydrogen) atoms. The van der Waals surface area contributed by atoms with E-state index in [4.69, 9.17) is 17.2 Å². The fraction of sp³-hybridized carbons (Fsp3) is 0.531. The minimum absolute atomic E-state index is 0.00550. The standard InChI is InChI=1S/C49H71N15O16/c1-24(2)40(63-45(75)35(22-66)62-41(71)28(51)9-5-6-12-50)47(77)59-30(14-25-18-54-29-10-4-3-8-27(25)29)43(73)58-31(15-26-19-53-23-56-26)42(72)55-20-38(68)57-34(21-65)44(74)60-32(17-39(69)70)48(78)64-13-7-11-36(64)46(76)61-33(49(79)80)16-37(52)67/h3-4,8,10,18-19,23-24,28,30-36,40,54,65-66H,5-7,9,11-17,20-22,50-51H2,1-2H3,(H2,52,67)(H,53,56)(H,55,72)(H,57,68)(H,58,73)(H,59,77)(H,60,74)(H,61,76)(H,62,71)(H,63,75)(H,69,70)(H,79,80)/t28-,30-,31-,32-,33-,34-,35-,36-,40-/m0/s1. The number of hydrogen-bond acceptors (Lipinski definition) is 17. The molecule has 438 valence electrons. The zero-order valence-corrected chi connectivity index (χ0v) is 44.0. The van der Waals surface area contributed by atoms with Gasteiger partial charge in [0.2, 0.25) is 59.1 Å². The van der Waals surface area contributed by atoms with Crippen LogP contribution in [0.5, 0.6) is 0 Å². The molecule has 31 heteroatoms. The van der Waals surface area contributed by atoms with E-state index in [1.807, 2.05) is 0 Å². The van der Waals surface area contributed by atoms with E-state index in [0.717, 1.165) is 4.90 Å². The quantitative estimate of drug-likeness (QED) is 0.0252. The first-order valence-electron chi connectivity index (χ1n) is 25.6. The van der Waals surface area contributed by atoms with Crippen LogP contribution in [0.3, 0.4) is 0 Å². The van der Waals surface area contributed by atoms with Crippen LogP contribution < -0.4 is 59.7 Å². The number of unbranched alkanes of at least 4 members (excludes halogenated alkanes) is 1. The van der Waals surface area contributed by atoms with E-state index < -0.39 is 164 Å². The summed E-state index contributed by atoms with van der Waals surface area (Å²) in [6.45, 7) is 0.594. The molecule has 9 atom stereocenters. The number of imidazole rings is 1. The number of carboxylic acids is 2. The van der Waals surface area contributed by atoms with Crippen LogP contribution in [-0.4, -0.2) is 199 Å². The van der Waals surface area contributed by atoms with E-state index in [0.29, 0.717) is 41.5 Å². The Labute approximate surface area is 457 Å². The number of nitrogens with one attached hydrogen (secondary N) is 10. The molecular weight excluding hydrogens is 1050 g/mol. The van der Waals surface area contributed by atoms with Crippen molar-refractivity contribution in [3.63, 3.8) is 0 Å². The van der Waals surface area contributed by atoms with Crippen molar-refractivity contribution in [3.05, 3.63) is 54.2 Å². The molecule has 0 bridgehead atoms. The van der Waals surface area contributed by atoms with Gasteiger partial charge in [0.05, 0.1) is 45.0 Å². The summed E-state index contributed by atoms with van der Waals surface area (Å²) in [5.74, 6) is -13.7. The number of carbonyl (C=O) groups is 12. The second-order valence-corrected chi connectivity index (χ2v) is 19.3. The number of likely N-dealkylation sites (tertiary alicyclic amines) is 1. The Kier molecular flexibility index (Phi) is 24.9. The predicted molar refractivity (Wildman–Crippen MR) is 279 cm³/mol. The summed E-state index contributed by atoms with van der Waals surface area (Å²) in [7, 11) is 0. The number of nitrogens with zero attached hydrogens (tertiary/aromatic N) is 2. The second kappa shape index (κ2) is 31.1. The summed E-state index contributed by atoms with van der Waals surface area (Å²) >= 11 is 0. The van der Waals surface area contributed by atoms with E-state index in [9.17, 15) is 78.0 Å². The topological polar surface area (TPSA) is 508 Å². The molecule has 3 heterocycles. The first-order valence-corrected chi connectivity index (χ1v) is 25.6. The number of H-pyrrole nitrogens is 2. The van der Waals surface area contributed by atoms with E-state index >= 15 is 0 Å². The van der Waals surface area contributed by atoms with Crippen LogP contribution in [0.25, 0.3) is 10.9 Å². The highest BCUT2D eigenvalue weighted by Crippen LogP contribution is 2.21. The van der Waals surface area contributed by atoms with Crippen molar-refractivity contribution in [2.45, 2.75) is 126 Å². The lowest BCUT2D eigenvalue weighted by Crippen LogP contribution is -2.61. The van der Waals surface area contributed by atoms with Gasteiger partial charge in [-0.05, 0) is 49.8 Å². The average molecular weight is 1130 g/mol. The number of benzene rings is 1. The Bertz CT molecular complexity index is 2680. The van der Waals surface area contributed by atoms with Crippen LogP contribution in [-0.2, 0) is 70.4 Å². The van der Waals surface area contributed by atoms with Crippen LogP contribution in [0.1, 0.15) is 70.1 Å². The van der Waals surface area contributed by atoms with Gasteiger partial charge in [-0.3, -0.25) is 52.7 Å². The number of amides is 10. The summed E-state index contributed by atoms with van der Waals surface area (Å²) in [6, 6.07) is -6.61. The number of aliphatic carboxylic acids is 2. The number of nitrogens with two attached hydrogens (primary N) is 3. The van der Waals surface area contributed by atoms with Crippen molar-refractivity contribution in [2.24, 2.45) is 23.1 Å². The lowest BCUT2D eigenvalue weighted by molar-refractivity contribution is -0.147. The molecule has 0 radical (unpaired) electrons. The van der Waals surface area contributed by atoms with Gasteiger partial charge in [0.15, 0.2) is 0 Å². The highest BCUT2D eigenvalue weighted by atomic mass is 16.4. The Balaban J connectivity index is 1.49. The van der Waals surface area contributed by atoms with Gasteiger partial charge in [0, 0.05) is 48.4 Å². The second-order valence-electron chi connectivity index (χ2n) is 19.3. The lowest BCUT2D eigenvalue weighted by Gasteiger charge is -2.29. The number of aromatic amines is 2. The number of para-hydroxylation sites is 1. The number of carbonyl (C=O) groups excluding carboxylic acids is 10. The maximum atomic E-state index is 14.5. The molecular formula is C49H71N15O16. The molecule has 3 aromatic rings. The molecule has 1 saturated heterocycles. The molecule has 0 saturated carbocycles. The van der Waals surface area contributed by atoms with Crippen molar-refractivity contribution < 1.29 is 78.0 Å². The van der Waals surface area contributed by atoms with Crippen molar-refractivity contribution in [1.82, 2.24) is 62.4 Å². The molecule has 1 aromatic carbocycles. The number of fused-ring (bicyclic) bond motifs is 1. The minimum atomic E-state index is -1.88. The van der Waals surface area contributed by atoms with Crippen molar-refractivity contribution in [3.8, 4) is 0 Å². The molecule has 0 spiro atoms. The molecule has 20 N–H and O–H groups in total. The first-order chi connectivity index (χ1) is 38.0. The summed E-state index contributed by atoms with van der Waals surface area (Å²) in [5, 5.41) is 58.9. The highest BCUT2D eigenvalue weighted by Gasteiger charge is 2.41. The van der Waals surface area contributed by atoms with Gasteiger partial charge >= 0.3 is 11.9 Å². The smallest absolute Gasteiger partial charge is 0.326 e. The molecule has 4 rings (SSSR count). The Morgan fingerprint density at radius 3 is 1.98 bits per heavy atom. The number of aromatic nitrogens is 3. The zero-order chi connectivity index (χ0) is 59.2. The van der Waals surface area contributed by atoms with Gasteiger partial charge in [-0.2, -0.15) is 0 Å². The highest BCUT2D eigenvalue weighted by molar-refractivity contribution is 5.99. The monoisotopic (exact) mass is 1130 g/mol. The maximum Gasteiger partial charge on any atom is 0.326 e. The number of hydrogen-bond donors (Lipinski definition) is 17. The maximum absolute atomic E-state index is 14.5. The molecule has 2 aromatic heterocycles. The Morgan fingerprint density at radius 1 is 0.725 bits per heavy atom. The van der Waals surface area contributed by atoms with Gasteiger partial charge in [-0.1, -0.05) is 38.5 Å². The van der Waals surface area contributed by atoms with Crippen LogP contribution in [0, 0.1) is 5.92 Å². The van der Waals surface area contributed by atoms with E-state index in [2.05, 4.69) is 57.5 Å². The normalized spacial score (nSPS) is 16.1. The third kappa shape index (κ3) is 19.1. The number of aliphatic hydroxyl groups excluding tert-OH is 2. The van der Waals surface area contributed by atoms with E-state index in [-0.39, 0.29) is 38.6 Å². The number of carboxylic acid groups (broad SMARTS) is 2. The molecule has 1 aliphatic heterocycles. The van der Waals surface area contributed by atoms with Crippen LogP contribution in [0.4, 0.5) is 0 Å². The summed E-state index contributed by atoms with van der Waals surface area (Å²) < 4.78 is 0. The lowest BCUT2D eigenvalue weighted by atomic mass is 10.00. The van der Waals surface area contributed by atoms with Gasteiger partial charge in [-0.15, -0.1) is 0 Å². The van der Waals surface area contributed by atoms with E-state index in [1.54, 1.807) is 44.3 Å². The van der Waals surface area contributed by atoms with Crippen LogP contribution >= 0.6 is 0 Å².